The number of nitrogens with zero attached hydrogens (tertiary/aromatic N) is 2. The largest absolute Gasteiger partial charge is 0.475 e. The van der Waals surface area contributed by atoms with Crippen molar-refractivity contribution < 1.29 is 14.3 Å². The molecule has 1 fully saturated rings. The maximum Gasteiger partial charge on any atom is 0.372 e. The molecular weight excluding hydrogens is 232 g/mol. The van der Waals surface area contributed by atoms with E-state index >= 15 is 0 Å². The Hall–Kier alpha value is -1.33. The molecule has 1 N–H and O–H groups in total. The normalized spacial score (nSPS) is 22.2. The lowest BCUT2D eigenvalue weighted by Crippen LogP contribution is -2.50. The van der Waals surface area contributed by atoms with Crippen LogP contribution in [0.5, 0.6) is 0 Å². The van der Waals surface area contributed by atoms with Crippen molar-refractivity contribution in [3.63, 3.8) is 0 Å². The number of hydrogen-bond donors (Lipinski definition) is 1. The Morgan fingerprint density at radius 2 is 2.33 bits per heavy atom. The summed E-state index contributed by atoms with van der Waals surface area (Å²) in [4.78, 5) is 15.6. The summed E-state index contributed by atoms with van der Waals surface area (Å²) in [6, 6.07) is 2.31. The molecule has 5 nitrogen and oxygen atoms in total. The Labute approximate surface area is 107 Å². The molecule has 100 valence electrons. The Morgan fingerprint density at radius 3 is 3.00 bits per heavy atom. The topological polar surface area (TPSA) is 56.9 Å². The van der Waals surface area contributed by atoms with Crippen molar-refractivity contribution in [2.75, 3.05) is 26.7 Å². The number of aromatic carboxylic acids is 1. The van der Waals surface area contributed by atoms with Gasteiger partial charge in [-0.05, 0) is 19.5 Å². The van der Waals surface area contributed by atoms with Crippen molar-refractivity contribution in [1.82, 2.24) is 9.80 Å². The summed E-state index contributed by atoms with van der Waals surface area (Å²) in [5, 5.41) is 9.00. The Morgan fingerprint density at radius 1 is 1.56 bits per heavy atom. The Balaban J connectivity index is 2.01. The van der Waals surface area contributed by atoms with Crippen LogP contribution < -0.4 is 0 Å². The van der Waals surface area contributed by atoms with E-state index in [2.05, 4.69) is 23.8 Å². The highest BCUT2D eigenvalue weighted by atomic mass is 16.4. The zero-order valence-electron chi connectivity index (χ0n) is 10.9. The number of furan rings is 1. The molecule has 1 aliphatic heterocycles. The first kappa shape index (κ1) is 13.1. The third kappa shape index (κ3) is 2.73. The molecule has 0 aliphatic carbocycles. The van der Waals surface area contributed by atoms with Gasteiger partial charge in [0.1, 0.15) is 0 Å². The summed E-state index contributed by atoms with van der Waals surface area (Å²) in [6.45, 7) is 5.82. The predicted octanol–water partition coefficient (Wildman–Crippen LogP) is 1.50. The van der Waals surface area contributed by atoms with Gasteiger partial charge in [0.15, 0.2) is 0 Å². The maximum absolute atomic E-state index is 11.0. The van der Waals surface area contributed by atoms with Crippen LogP contribution in [0, 0.1) is 0 Å². The van der Waals surface area contributed by atoms with Crippen molar-refractivity contribution in [2.24, 2.45) is 0 Å². The van der Waals surface area contributed by atoms with Crippen LogP contribution in [-0.4, -0.2) is 53.6 Å². The molecule has 1 aromatic rings. The highest BCUT2D eigenvalue weighted by Gasteiger charge is 2.24. The van der Waals surface area contributed by atoms with Crippen LogP contribution in [0.2, 0.25) is 0 Å². The lowest BCUT2D eigenvalue weighted by molar-refractivity contribution is 0.0652. The molecule has 1 unspecified atom stereocenters. The third-order valence-electron chi connectivity index (χ3n) is 3.67. The van der Waals surface area contributed by atoms with Crippen molar-refractivity contribution in [2.45, 2.75) is 25.9 Å². The first-order chi connectivity index (χ1) is 8.61. The van der Waals surface area contributed by atoms with Crippen LogP contribution in [0.25, 0.3) is 0 Å². The van der Waals surface area contributed by atoms with E-state index < -0.39 is 5.97 Å². The number of carbonyl (C=O) groups is 1. The SMILES string of the molecule is CCC1CN(Cc2ccoc2C(=O)O)CCN1C. The van der Waals surface area contributed by atoms with E-state index in [1.807, 2.05) is 0 Å². The number of likely N-dealkylation sites (N-methyl/N-ethyl adjacent to an activating group) is 1. The van der Waals surface area contributed by atoms with Gasteiger partial charge in [0, 0.05) is 37.8 Å². The zero-order valence-corrected chi connectivity index (χ0v) is 10.9. The molecule has 0 saturated carbocycles. The average molecular weight is 252 g/mol. The van der Waals surface area contributed by atoms with Crippen LogP contribution in [0.3, 0.4) is 0 Å². The summed E-state index contributed by atoms with van der Waals surface area (Å²) in [7, 11) is 2.14. The zero-order chi connectivity index (χ0) is 13.1. The quantitative estimate of drug-likeness (QED) is 0.880. The Bertz CT molecular complexity index is 416. The first-order valence-corrected chi connectivity index (χ1v) is 6.34. The van der Waals surface area contributed by atoms with Gasteiger partial charge >= 0.3 is 5.97 Å². The minimum atomic E-state index is -0.990. The van der Waals surface area contributed by atoms with Gasteiger partial charge in [0.05, 0.1) is 6.26 Å². The van der Waals surface area contributed by atoms with E-state index in [0.29, 0.717) is 12.6 Å². The number of hydrogen-bond acceptors (Lipinski definition) is 4. The highest BCUT2D eigenvalue weighted by Crippen LogP contribution is 2.17. The summed E-state index contributed by atoms with van der Waals surface area (Å²) >= 11 is 0. The molecule has 1 atom stereocenters. The fourth-order valence-corrected chi connectivity index (χ4v) is 2.48. The summed E-state index contributed by atoms with van der Waals surface area (Å²) < 4.78 is 5.01. The fourth-order valence-electron chi connectivity index (χ4n) is 2.48. The van der Waals surface area contributed by atoms with Gasteiger partial charge in [-0.3, -0.25) is 4.90 Å². The molecule has 0 amide bonds. The van der Waals surface area contributed by atoms with Gasteiger partial charge in [-0.15, -0.1) is 0 Å². The molecule has 0 bridgehead atoms. The summed E-state index contributed by atoms with van der Waals surface area (Å²) in [5.41, 5.74) is 0.766. The van der Waals surface area contributed by atoms with Gasteiger partial charge in [-0.25, -0.2) is 4.79 Å². The Kier molecular flexibility index (Phi) is 4.04. The lowest BCUT2D eigenvalue weighted by atomic mass is 10.1. The van der Waals surface area contributed by atoms with E-state index in [9.17, 15) is 4.79 Å². The molecule has 5 heteroatoms. The molecule has 1 saturated heterocycles. The minimum absolute atomic E-state index is 0.0713. The van der Waals surface area contributed by atoms with Gasteiger partial charge in [0.2, 0.25) is 5.76 Å². The van der Waals surface area contributed by atoms with Crippen molar-refractivity contribution >= 4 is 5.97 Å². The van der Waals surface area contributed by atoms with Crippen LogP contribution in [-0.2, 0) is 6.54 Å². The second kappa shape index (κ2) is 5.54. The van der Waals surface area contributed by atoms with Gasteiger partial charge in [0.25, 0.3) is 0 Å². The minimum Gasteiger partial charge on any atom is -0.475 e. The van der Waals surface area contributed by atoms with Crippen LogP contribution in [0.4, 0.5) is 0 Å². The molecule has 2 rings (SSSR count). The highest BCUT2D eigenvalue weighted by molar-refractivity contribution is 5.86. The van der Waals surface area contributed by atoms with E-state index in [-0.39, 0.29) is 5.76 Å². The standard InChI is InChI=1S/C13H20N2O3/c1-3-11-9-15(6-5-14(11)2)8-10-4-7-18-12(10)13(16)17/h4,7,11H,3,5-6,8-9H2,1-2H3,(H,16,17). The number of carboxylic acid groups (broad SMARTS) is 1. The molecule has 0 spiro atoms. The van der Waals surface area contributed by atoms with E-state index in [4.69, 9.17) is 9.52 Å². The summed E-state index contributed by atoms with van der Waals surface area (Å²) in [5.74, 6) is -0.918. The van der Waals surface area contributed by atoms with E-state index in [0.717, 1.165) is 31.6 Å². The molecule has 0 radical (unpaired) electrons. The van der Waals surface area contributed by atoms with Crippen LogP contribution in [0.1, 0.15) is 29.5 Å². The van der Waals surface area contributed by atoms with E-state index in [1.165, 1.54) is 6.26 Å². The molecule has 0 aromatic carbocycles. The monoisotopic (exact) mass is 252 g/mol. The van der Waals surface area contributed by atoms with Gasteiger partial charge < -0.3 is 14.4 Å². The average Bonchev–Trinajstić information content (AvgIpc) is 2.80. The molecule has 18 heavy (non-hydrogen) atoms. The number of piperazine rings is 1. The molecule has 2 heterocycles. The second-order valence-electron chi connectivity index (χ2n) is 4.86. The van der Waals surface area contributed by atoms with Crippen molar-refractivity contribution in [3.8, 4) is 0 Å². The van der Waals surface area contributed by atoms with Crippen molar-refractivity contribution in [1.29, 1.82) is 0 Å². The molecule has 1 aliphatic rings. The van der Waals surface area contributed by atoms with Gasteiger partial charge in [-0.2, -0.15) is 0 Å². The van der Waals surface area contributed by atoms with Gasteiger partial charge in [-0.1, -0.05) is 6.92 Å². The predicted molar refractivity (Wildman–Crippen MR) is 67.7 cm³/mol. The molecule has 1 aromatic heterocycles. The summed E-state index contributed by atoms with van der Waals surface area (Å²) in [6.07, 6.45) is 2.57. The number of carboxylic acids is 1. The number of rotatable bonds is 4. The first-order valence-electron chi connectivity index (χ1n) is 6.34. The second-order valence-corrected chi connectivity index (χ2v) is 4.86. The molecular formula is C13H20N2O3. The maximum atomic E-state index is 11.0. The lowest BCUT2D eigenvalue weighted by Gasteiger charge is -2.39. The van der Waals surface area contributed by atoms with Crippen molar-refractivity contribution in [3.05, 3.63) is 23.7 Å². The third-order valence-corrected chi connectivity index (χ3v) is 3.67. The van der Waals surface area contributed by atoms with Crippen LogP contribution in [0.15, 0.2) is 16.7 Å². The smallest absolute Gasteiger partial charge is 0.372 e. The van der Waals surface area contributed by atoms with E-state index in [1.54, 1.807) is 6.07 Å². The fraction of sp³-hybridized carbons (Fsp3) is 0.615. The van der Waals surface area contributed by atoms with Crippen LogP contribution >= 0.6 is 0 Å².